The summed E-state index contributed by atoms with van der Waals surface area (Å²) < 4.78 is 1.15. The summed E-state index contributed by atoms with van der Waals surface area (Å²) in [7, 11) is 4.09. The molecule has 2 aromatic rings. The van der Waals surface area contributed by atoms with Gasteiger partial charge >= 0.3 is 0 Å². The zero-order chi connectivity index (χ0) is 16.2. The molecule has 24 heavy (non-hydrogen) atoms. The SMILES string of the molecule is CN(C)CCN(C(=O)C1CCCCC1)c1nc2ccccc2s1.Cl. The van der Waals surface area contributed by atoms with Gasteiger partial charge < -0.3 is 4.90 Å². The number of anilines is 1. The molecule has 4 nitrogen and oxygen atoms in total. The lowest BCUT2D eigenvalue weighted by Crippen LogP contribution is -2.41. The quantitative estimate of drug-likeness (QED) is 0.794. The topological polar surface area (TPSA) is 36.4 Å². The van der Waals surface area contributed by atoms with E-state index in [4.69, 9.17) is 4.98 Å². The van der Waals surface area contributed by atoms with Crippen LogP contribution in [-0.4, -0.2) is 43.0 Å². The summed E-state index contributed by atoms with van der Waals surface area (Å²) >= 11 is 1.62. The van der Waals surface area contributed by atoms with Crippen molar-refractivity contribution in [2.24, 2.45) is 5.92 Å². The second-order valence-electron chi connectivity index (χ2n) is 6.59. The Morgan fingerprint density at radius 1 is 1.17 bits per heavy atom. The van der Waals surface area contributed by atoms with Crippen molar-refractivity contribution in [3.8, 4) is 0 Å². The molecule has 1 aliphatic carbocycles. The van der Waals surface area contributed by atoms with Crippen LogP contribution in [0.5, 0.6) is 0 Å². The van der Waals surface area contributed by atoms with E-state index in [9.17, 15) is 4.79 Å². The smallest absolute Gasteiger partial charge is 0.231 e. The molecule has 0 bridgehead atoms. The van der Waals surface area contributed by atoms with Gasteiger partial charge in [-0.15, -0.1) is 12.4 Å². The highest BCUT2D eigenvalue weighted by Gasteiger charge is 2.28. The van der Waals surface area contributed by atoms with E-state index in [1.54, 1.807) is 11.3 Å². The summed E-state index contributed by atoms with van der Waals surface area (Å²) in [5, 5.41) is 0.851. The Morgan fingerprint density at radius 2 is 1.88 bits per heavy atom. The molecule has 6 heteroatoms. The fraction of sp³-hybridized carbons (Fsp3) is 0.556. The summed E-state index contributed by atoms with van der Waals surface area (Å²) in [6.07, 6.45) is 5.68. The molecule has 1 amide bonds. The van der Waals surface area contributed by atoms with Gasteiger partial charge in [0.1, 0.15) is 0 Å². The van der Waals surface area contributed by atoms with Crippen molar-refractivity contribution in [3.63, 3.8) is 0 Å². The van der Waals surface area contributed by atoms with Gasteiger partial charge in [-0.2, -0.15) is 0 Å². The number of aromatic nitrogens is 1. The minimum atomic E-state index is 0. The van der Waals surface area contributed by atoms with E-state index >= 15 is 0 Å². The van der Waals surface area contributed by atoms with Gasteiger partial charge in [-0.3, -0.25) is 9.69 Å². The molecule has 0 N–H and O–H groups in total. The van der Waals surface area contributed by atoms with Crippen molar-refractivity contribution in [2.45, 2.75) is 32.1 Å². The van der Waals surface area contributed by atoms with Gasteiger partial charge in [-0.25, -0.2) is 4.98 Å². The molecule has 1 heterocycles. The van der Waals surface area contributed by atoms with Crippen LogP contribution in [0.3, 0.4) is 0 Å². The van der Waals surface area contributed by atoms with Gasteiger partial charge in [0.15, 0.2) is 5.13 Å². The second-order valence-corrected chi connectivity index (χ2v) is 7.60. The van der Waals surface area contributed by atoms with Crippen LogP contribution in [0.15, 0.2) is 24.3 Å². The first-order valence-electron chi connectivity index (χ1n) is 8.47. The maximum atomic E-state index is 13.1. The highest BCUT2D eigenvalue weighted by Crippen LogP contribution is 2.32. The lowest BCUT2D eigenvalue weighted by atomic mass is 9.88. The first-order valence-corrected chi connectivity index (χ1v) is 9.28. The van der Waals surface area contributed by atoms with E-state index in [2.05, 4.69) is 11.0 Å². The second kappa shape index (κ2) is 8.79. The molecule has 3 rings (SSSR count). The lowest BCUT2D eigenvalue weighted by molar-refractivity contribution is -0.123. The molecule has 1 aromatic carbocycles. The molecule has 132 valence electrons. The van der Waals surface area contributed by atoms with Crippen LogP contribution in [-0.2, 0) is 4.79 Å². The van der Waals surface area contributed by atoms with Gasteiger partial charge in [0.05, 0.1) is 10.2 Å². The molecule has 0 saturated heterocycles. The molecular formula is C18H26ClN3OS. The van der Waals surface area contributed by atoms with Crippen molar-refractivity contribution in [3.05, 3.63) is 24.3 Å². The monoisotopic (exact) mass is 367 g/mol. The van der Waals surface area contributed by atoms with Crippen LogP contribution in [0.25, 0.3) is 10.2 Å². The van der Waals surface area contributed by atoms with Gasteiger partial charge in [0, 0.05) is 19.0 Å². The van der Waals surface area contributed by atoms with Gasteiger partial charge in [-0.1, -0.05) is 42.7 Å². The highest BCUT2D eigenvalue weighted by molar-refractivity contribution is 7.22. The Bertz CT molecular complexity index is 634. The highest BCUT2D eigenvalue weighted by atomic mass is 35.5. The largest absolute Gasteiger partial charge is 0.308 e. The van der Waals surface area contributed by atoms with Crippen LogP contribution in [0.2, 0.25) is 0 Å². The maximum absolute atomic E-state index is 13.1. The Kier molecular flexibility index (Phi) is 7.02. The number of para-hydroxylation sites is 1. The zero-order valence-corrected chi connectivity index (χ0v) is 16.0. The van der Waals surface area contributed by atoms with Crippen molar-refractivity contribution < 1.29 is 4.79 Å². The number of rotatable bonds is 5. The number of thiazole rings is 1. The summed E-state index contributed by atoms with van der Waals surface area (Å²) in [6.45, 7) is 1.57. The molecule has 0 atom stereocenters. The summed E-state index contributed by atoms with van der Waals surface area (Å²) in [4.78, 5) is 21.8. The lowest BCUT2D eigenvalue weighted by Gasteiger charge is -2.28. The number of hydrogen-bond acceptors (Lipinski definition) is 4. The van der Waals surface area contributed by atoms with Gasteiger partial charge in [0.2, 0.25) is 5.91 Å². The van der Waals surface area contributed by atoms with Crippen LogP contribution >= 0.6 is 23.7 Å². The summed E-state index contributed by atoms with van der Waals surface area (Å²) in [6, 6.07) is 8.12. The number of benzene rings is 1. The number of fused-ring (bicyclic) bond motifs is 1. The summed E-state index contributed by atoms with van der Waals surface area (Å²) in [5.74, 6) is 0.448. The van der Waals surface area contributed by atoms with Crippen LogP contribution in [0, 0.1) is 5.92 Å². The fourth-order valence-electron chi connectivity index (χ4n) is 3.15. The first kappa shape index (κ1) is 19.2. The number of hydrogen-bond donors (Lipinski definition) is 0. The average Bonchev–Trinajstić information content (AvgIpc) is 2.99. The van der Waals surface area contributed by atoms with Crippen molar-refractivity contribution in [1.82, 2.24) is 9.88 Å². The molecule has 1 aliphatic rings. The molecule has 0 aliphatic heterocycles. The minimum Gasteiger partial charge on any atom is -0.308 e. The standard InChI is InChI=1S/C18H25N3OS.ClH/c1-20(2)12-13-21(17(22)14-8-4-3-5-9-14)18-19-15-10-6-7-11-16(15)23-18;/h6-7,10-11,14H,3-5,8-9,12-13H2,1-2H3;1H. The van der Waals surface area contributed by atoms with Crippen molar-refractivity contribution in [2.75, 3.05) is 32.1 Å². The molecular weight excluding hydrogens is 342 g/mol. The Morgan fingerprint density at radius 3 is 2.54 bits per heavy atom. The number of halogens is 1. The van der Waals surface area contributed by atoms with E-state index in [0.717, 1.165) is 34.7 Å². The van der Waals surface area contributed by atoms with E-state index in [0.29, 0.717) is 6.54 Å². The molecule has 0 spiro atoms. The van der Waals surface area contributed by atoms with E-state index in [-0.39, 0.29) is 24.2 Å². The average molecular weight is 368 g/mol. The van der Waals surface area contributed by atoms with Gasteiger partial charge in [-0.05, 0) is 39.1 Å². The molecule has 1 saturated carbocycles. The number of amides is 1. The third-order valence-corrected chi connectivity index (χ3v) is 5.56. The third-order valence-electron chi connectivity index (χ3n) is 4.50. The van der Waals surface area contributed by atoms with Crippen molar-refractivity contribution >= 4 is 45.0 Å². The van der Waals surface area contributed by atoms with Crippen molar-refractivity contribution in [1.29, 1.82) is 0 Å². The van der Waals surface area contributed by atoms with Crippen LogP contribution < -0.4 is 4.90 Å². The van der Waals surface area contributed by atoms with E-state index in [1.165, 1.54) is 19.3 Å². The summed E-state index contributed by atoms with van der Waals surface area (Å²) in [5.41, 5.74) is 0.985. The molecule has 1 fully saturated rings. The third kappa shape index (κ3) is 4.47. The van der Waals surface area contributed by atoms with E-state index in [1.807, 2.05) is 37.2 Å². The first-order chi connectivity index (χ1) is 11.1. The predicted octanol–water partition coefficient (Wildman–Crippen LogP) is 4.19. The van der Waals surface area contributed by atoms with Gasteiger partial charge in [0.25, 0.3) is 0 Å². The Labute approximate surface area is 154 Å². The van der Waals surface area contributed by atoms with E-state index < -0.39 is 0 Å². The normalized spacial score (nSPS) is 15.5. The van der Waals surface area contributed by atoms with Crippen LogP contribution in [0.1, 0.15) is 32.1 Å². The number of nitrogens with zero attached hydrogens (tertiary/aromatic N) is 3. The number of likely N-dealkylation sites (N-methyl/N-ethyl adjacent to an activating group) is 1. The number of carbonyl (C=O) groups excluding carboxylic acids is 1. The molecule has 0 radical (unpaired) electrons. The maximum Gasteiger partial charge on any atom is 0.231 e. The minimum absolute atomic E-state index is 0. The number of carbonyl (C=O) groups is 1. The predicted molar refractivity (Wildman–Crippen MR) is 104 cm³/mol. The van der Waals surface area contributed by atoms with Crippen LogP contribution in [0.4, 0.5) is 5.13 Å². The zero-order valence-electron chi connectivity index (χ0n) is 14.4. The Hall–Kier alpha value is -1.17. The Balaban J connectivity index is 0.00000208. The fourth-order valence-corrected chi connectivity index (χ4v) is 4.14. The molecule has 0 unspecified atom stereocenters. The molecule has 1 aromatic heterocycles.